The van der Waals surface area contributed by atoms with Crippen molar-refractivity contribution in [2.75, 3.05) is 22.6 Å². The number of benzene rings is 1. The first-order valence-corrected chi connectivity index (χ1v) is 9.83. The summed E-state index contributed by atoms with van der Waals surface area (Å²) in [6.45, 7) is 6.19. The van der Waals surface area contributed by atoms with Gasteiger partial charge in [0.15, 0.2) is 9.84 Å². The van der Waals surface area contributed by atoms with Gasteiger partial charge in [-0.3, -0.25) is 0 Å². The van der Waals surface area contributed by atoms with E-state index in [1.165, 1.54) is 5.75 Å². The molecule has 1 N–H and O–H groups in total. The summed E-state index contributed by atoms with van der Waals surface area (Å²) >= 11 is 1.93. The number of hydrogen-bond donors (Lipinski definition) is 1. The second kappa shape index (κ2) is 5.98. The van der Waals surface area contributed by atoms with Gasteiger partial charge in [-0.2, -0.15) is 11.8 Å². The van der Waals surface area contributed by atoms with E-state index >= 15 is 0 Å². The van der Waals surface area contributed by atoms with Crippen molar-refractivity contribution in [1.82, 2.24) is 0 Å². The number of hydrogen-bond acceptors (Lipinski definition) is 4. The van der Waals surface area contributed by atoms with Crippen LogP contribution in [-0.4, -0.2) is 31.7 Å². The Kier molecular flexibility index (Phi) is 4.69. The predicted octanol–water partition coefficient (Wildman–Crippen LogP) is 3.42. The van der Waals surface area contributed by atoms with E-state index in [1.54, 1.807) is 19.1 Å². The van der Waals surface area contributed by atoms with Crippen LogP contribution in [0.15, 0.2) is 29.2 Å². The number of anilines is 1. The smallest absolute Gasteiger partial charge is 0.180 e. The van der Waals surface area contributed by atoms with Crippen molar-refractivity contribution in [1.29, 1.82) is 0 Å². The lowest BCUT2D eigenvalue weighted by atomic mass is 9.82. The van der Waals surface area contributed by atoms with Gasteiger partial charge in [-0.05, 0) is 29.7 Å². The molecule has 5 heteroatoms. The van der Waals surface area contributed by atoms with Gasteiger partial charge < -0.3 is 5.32 Å². The molecule has 0 aromatic heterocycles. The fourth-order valence-electron chi connectivity index (χ4n) is 2.37. The molecule has 0 amide bonds. The Balaban J connectivity index is 2.30. The summed E-state index contributed by atoms with van der Waals surface area (Å²) in [5.74, 6) is 2.34. The summed E-state index contributed by atoms with van der Waals surface area (Å²) in [4.78, 5) is 0.425. The van der Waals surface area contributed by atoms with Gasteiger partial charge in [-0.1, -0.05) is 32.9 Å². The molecule has 0 spiro atoms. The third kappa shape index (κ3) is 3.31. The Morgan fingerprint density at radius 2 is 2.05 bits per heavy atom. The van der Waals surface area contributed by atoms with Crippen molar-refractivity contribution < 1.29 is 8.42 Å². The zero-order chi connectivity index (χ0) is 14.8. The molecule has 20 heavy (non-hydrogen) atoms. The molecule has 112 valence electrons. The minimum Gasteiger partial charge on any atom is -0.380 e. The van der Waals surface area contributed by atoms with Gasteiger partial charge in [0.1, 0.15) is 0 Å². The Morgan fingerprint density at radius 3 is 2.70 bits per heavy atom. The summed E-state index contributed by atoms with van der Waals surface area (Å²) in [5, 5.41) is 3.48. The predicted molar refractivity (Wildman–Crippen MR) is 87.3 cm³/mol. The standard InChI is InChI=1S/C15H23NO2S2/c1-4-20(17,18)13-8-6-5-7-12(13)16-14-11-19-10-9-15(14,2)3/h5-8,14,16H,4,9-11H2,1-3H3. The Labute approximate surface area is 126 Å². The molecule has 1 unspecified atom stereocenters. The van der Waals surface area contributed by atoms with E-state index in [1.807, 2.05) is 23.9 Å². The number of rotatable bonds is 4. The lowest BCUT2D eigenvalue weighted by molar-refractivity contribution is 0.305. The van der Waals surface area contributed by atoms with Gasteiger partial charge in [0.05, 0.1) is 16.3 Å². The van der Waals surface area contributed by atoms with Crippen LogP contribution in [-0.2, 0) is 9.84 Å². The molecule has 1 aromatic rings. The average molecular weight is 313 g/mol. The maximum atomic E-state index is 12.2. The van der Waals surface area contributed by atoms with Crippen molar-refractivity contribution in [3.8, 4) is 0 Å². The quantitative estimate of drug-likeness (QED) is 0.925. The maximum Gasteiger partial charge on any atom is 0.180 e. The summed E-state index contributed by atoms with van der Waals surface area (Å²) < 4.78 is 24.4. The molecule has 3 nitrogen and oxygen atoms in total. The largest absolute Gasteiger partial charge is 0.380 e. The molecular weight excluding hydrogens is 290 g/mol. The maximum absolute atomic E-state index is 12.2. The summed E-state index contributed by atoms with van der Waals surface area (Å²) in [6.07, 6.45) is 1.15. The van der Waals surface area contributed by atoms with E-state index in [-0.39, 0.29) is 11.2 Å². The van der Waals surface area contributed by atoms with Crippen LogP contribution in [0.3, 0.4) is 0 Å². The average Bonchev–Trinajstić information content (AvgIpc) is 2.41. The minimum absolute atomic E-state index is 0.133. The van der Waals surface area contributed by atoms with Crippen LogP contribution < -0.4 is 5.32 Å². The molecule has 0 radical (unpaired) electrons. The van der Waals surface area contributed by atoms with Crippen LogP contribution in [0.1, 0.15) is 27.2 Å². The third-order valence-electron chi connectivity index (χ3n) is 4.05. The van der Waals surface area contributed by atoms with Crippen LogP contribution in [0.2, 0.25) is 0 Å². The van der Waals surface area contributed by atoms with Gasteiger partial charge in [0, 0.05) is 11.8 Å². The summed E-state index contributed by atoms with van der Waals surface area (Å²) in [7, 11) is -3.19. The van der Waals surface area contributed by atoms with E-state index < -0.39 is 9.84 Å². The first kappa shape index (κ1) is 15.7. The van der Waals surface area contributed by atoms with E-state index in [2.05, 4.69) is 19.2 Å². The first-order valence-electron chi connectivity index (χ1n) is 7.03. The highest BCUT2D eigenvalue weighted by atomic mass is 32.2. The van der Waals surface area contributed by atoms with Crippen molar-refractivity contribution in [3.05, 3.63) is 24.3 Å². The lowest BCUT2D eigenvalue weighted by Gasteiger charge is -2.39. The second-order valence-electron chi connectivity index (χ2n) is 5.91. The Hall–Kier alpha value is -0.680. The van der Waals surface area contributed by atoms with Crippen molar-refractivity contribution in [2.45, 2.75) is 38.1 Å². The molecule has 0 aliphatic carbocycles. The van der Waals surface area contributed by atoms with Crippen LogP contribution in [0.5, 0.6) is 0 Å². The number of thioether (sulfide) groups is 1. The molecule has 2 rings (SSSR count). The van der Waals surface area contributed by atoms with E-state index in [4.69, 9.17) is 0 Å². The highest BCUT2D eigenvalue weighted by molar-refractivity contribution is 7.99. The van der Waals surface area contributed by atoms with Crippen LogP contribution in [0, 0.1) is 5.41 Å². The molecule has 1 fully saturated rings. The van der Waals surface area contributed by atoms with Crippen LogP contribution in [0.4, 0.5) is 5.69 Å². The summed E-state index contributed by atoms with van der Waals surface area (Å²) in [5.41, 5.74) is 0.934. The van der Waals surface area contributed by atoms with E-state index in [0.29, 0.717) is 10.9 Å². The molecule has 1 saturated heterocycles. The van der Waals surface area contributed by atoms with Crippen molar-refractivity contribution in [3.63, 3.8) is 0 Å². The van der Waals surface area contributed by atoms with Gasteiger partial charge in [-0.25, -0.2) is 8.42 Å². The SMILES string of the molecule is CCS(=O)(=O)c1ccccc1NC1CSCCC1(C)C. The van der Waals surface area contributed by atoms with Crippen molar-refractivity contribution >= 4 is 27.3 Å². The second-order valence-corrected chi connectivity index (χ2v) is 9.31. The van der Waals surface area contributed by atoms with Gasteiger partial charge in [0.2, 0.25) is 0 Å². The molecule has 0 saturated carbocycles. The molecule has 1 aliphatic heterocycles. The monoisotopic (exact) mass is 313 g/mol. The number of nitrogens with one attached hydrogen (secondary N) is 1. The molecule has 1 aromatic carbocycles. The van der Waals surface area contributed by atoms with Crippen LogP contribution >= 0.6 is 11.8 Å². The highest BCUT2D eigenvalue weighted by Crippen LogP contribution is 2.37. The fourth-order valence-corrected chi connectivity index (χ4v) is 5.04. The van der Waals surface area contributed by atoms with Gasteiger partial charge in [0.25, 0.3) is 0 Å². The Bertz CT molecular complexity index is 567. The highest BCUT2D eigenvalue weighted by Gasteiger charge is 2.33. The third-order valence-corrected chi connectivity index (χ3v) is 6.90. The molecule has 0 bridgehead atoms. The van der Waals surface area contributed by atoms with Crippen LogP contribution in [0.25, 0.3) is 0 Å². The fraction of sp³-hybridized carbons (Fsp3) is 0.600. The zero-order valence-electron chi connectivity index (χ0n) is 12.3. The normalized spacial score (nSPS) is 22.4. The molecular formula is C15H23NO2S2. The summed E-state index contributed by atoms with van der Waals surface area (Å²) in [6, 6.07) is 7.55. The Morgan fingerprint density at radius 1 is 1.35 bits per heavy atom. The van der Waals surface area contributed by atoms with E-state index in [9.17, 15) is 8.42 Å². The molecule has 1 aliphatic rings. The number of para-hydroxylation sites is 1. The lowest BCUT2D eigenvalue weighted by Crippen LogP contribution is -2.41. The van der Waals surface area contributed by atoms with E-state index in [0.717, 1.165) is 17.9 Å². The topological polar surface area (TPSA) is 46.2 Å². The first-order chi connectivity index (χ1) is 9.37. The number of sulfone groups is 1. The van der Waals surface area contributed by atoms with Gasteiger partial charge >= 0.3 is 0 Å². The molecule has 1 heterocycles. The van der Waals surface area contributed by atoms with Gasteiger partial charge in [-0.15, -0.1) is 0 Å². The van der Waals surface area contributed by atoms with Crippen molar-refractivity contribution in [2.24, 2.45) is 5.41 Å². The zero-order valence-corrected chi connectivity index (χ0v) is 14.0. The minimum atomic E-state index is -3.19. The molecule has 1 atom stereocenters.